The van der Waals surface area contributed by atoms with Gasteiger partial charge in [-0.1, -0.05) is 25.5 Å². The van der Waals surface area contributed by atoms with Crippen LogP contribution in [0.4, 0.5) is 0 Å². The first kappa shape index (κ1) is 8.80. The van der Waals surface area contributed by atoms with Gasteiger partial charge in [0.15, 0.2) is 0 Å². The van der Waals surface area contributed by atoms with Crippen molar-refractivity contribution < 1.29 is 0 Å². The first-order valence-electron chi connectivity index (χ1n) is 4.27. The maximum absolute atomic E-state index is 8.61. The maximum Gasteiger partial charge on any atom is 0.0998 e. The van der Waals surface area contributed by atoms with E-state index in [0.29, 0.717) is 5.56 Å². The number of nitriles is 1. The molecule has 0 saturated heterocycles. The lowest BCUT2D eigenvalue weighted by atomic mass is 10.1. The zero-order valence-corrected chi connectivity index (χ0v) is 7.30. The predicted octanol–water partition coefficient (Wildman–Crippen LogP) is 2.70. The van der Waals surface area contributed by atoms with Crippen molar-refractivity contribution in [3.8, 4) is 6.07 Å². The molecule has 0 heterocycles. The number of rotatable bonds is 3. The summed E-state index contributed by atoms with van der Waals surface area (Å²) in [6.07, 6.45) is 3.45. The van der Waals surface area contributed by atoms with Crippen molar-refractivity contribution in [3.05, 3.63) is 35.4 Å². The van der Waals surface area contributed by atoms with Gasteiger partial charge >= 0.3 is 0 Å². The predicted molar refractivity (Wildman–Crippen MR) is 48.6 cm³/mol. The van der Waals surface area contributed by atoms with E-state index in [0.717, 1.165) is 6.42 Å². The topological polar surface area (TPSA) is 23.8 Å². The van der Waals surface area contributed by atoms with Crippen LogP contribution in [0.2, 0.25) is 0 Å². The van der Waals surface area contributed by atoms with Crippen LogP contribution >= 0.6 is 0 Å². The molecule has 61 valence electrons. The second-order valence-corrected chi connectivity index (χ2v) is 2.83. The van der Waals surface area contributed by atoms with Gasteiger partial charge in [0.2, 0.25) is 0 Å². The van der Waals surface area contributed by atoms with E-state index in [1.807, 2.05) is 18.2 Å². The van der Waals surface area contributed by atoms with Crippen LogP contribution in [0.1, 0.15) is 30.9 Å². The lowest BCUT2D eigenvalue weighted by molar-refractivity contribution is 0.795. The Morgan fingerprint density at radius 1 is 1.58 bits per heavy atom. The summed E-state index contributed by atoms with van der Waals surface area (Å²) in [7, 11) is 0. The molecule has 0 aromatic heterocycles. The van der Waals surface area contributed by atoms with E-state index >= 15 is 0 Å². The van der Waals surface area contributed by atoms with Gasteiger partial charge in [0.25, 0.3) is 0 Å². The first-order chi connectivity index (χ1) is 5.86. The molecule has 0 bridgehead atoms. The summed E-state index contributed by atoms with van der Waals surface area (Å²) in [6.45, 7) is 2.17. The van der Waals surface area contributed by atoms with Crippen molar-refractivity contribution in [2.75, 3.05) is 0 Å². The zero-order chi connectivity index (χ0) is 8.81. The van der Waals surface area contributed by atoms with Gasteiger partial charge in [-0.15, -0.1) is 0 Å². The third-order valence-corrected chi connectivity index (χ3v) is 1.81. The highest BCUT2D eigenvalue weighted by Gasteiger charge is 1.94. The SMILES string of the molecule is CCCCc1cc[c]c(C#N)c1. The van der Waals surface area contributed by atoms with Crippen LogP contribution in [-0.2, 0) is 6.42 Å². The molecule has 0 fully saturated rings. The standard InChI is InChI=1S/C11H12N/c1-2-3-5-10-6-4-7-11(8-10)9-12/h4,6,8H,2-3,5H2,1H3. The fourth-order valence-corrected chi connectivity index (χ4v) is 1.11. The van der Waals surface area contributed by atoms with Crippen molar-refractivity contribution in [2.45, 2.75) is 26.2 Å². The third-order valence-electron chi connectivity index (χ3n) is 1.81. The number of hydrogen-bond acceptors (Lipinski definition) is 1. The molecule has 1 heteroatoms. The Labute approximate surface area is 73.6 Å². The maximum atomic E-state index is 8.61. The van der Waals surface area contributed by atoms with Crippen molar-refractivity contribution >= 4 is 0 Å². The monoisotopic (exact) mass is 158 g/mol. The summed E-state index contributed by atoms with van der Waals surface area (Å²) in [5.74, 6) is 0. The minimum atomic E-state index is 0.642. The quantitative estimate of drug-likeness (QED) is 0.663. The van der Waals surface area contributed by atoms with Gasteiger partial charge in [-0.3, -0.25) is 0 Å². The summed E-state index contributed by atoms with van der Waals surface area (Å²) in [6, 6.07) is 10.7. The molecule has 1 aromatic carbocycles. The van der Waals surface area contributed by atoms with E-state index in [1.54, 1.807) is 0 Å². The molecule has 12 heavy (non-hydrogen) atoms. The van der Waals surface area contributed by atoms with E-state index in [-0.39, 0.29) is 0 Å². The summed E-state index contributed by atoms with van der Waals surface area (Å²) in [4.78, 5) is 0. The average Bonchev–Trinajstić information content (AvgIpc) is 2.15. The Morgan fingerprint density at radius 3 is 3.08 bits per heavy atom. The first-order valence-corrected chi connectivity index (χ1v) is 4.27. The van der Waals surface area contributed by atoms with Crippen molar-refractivity contribution in [2.24, 2.45) is 0 Å². The normalized spacial score (nSPS) is 9.33. The minimum Gasteiger partial charge on any atom is -0.192 e. The van der Waals surface area contributed by atoms with E-state index in [4.69, 9.17) is 5.26 Å². The van der Waals surface area contributed by atoms with Gasteiger partial charge < -0.3 is 0 Å². The van der Waals surface area contributed by atoms with E-state index in [9.17, 15) is 0 Å². The Morgan fingerprint density at radius 2 is 2.42 bits per heavy atom. The minimum absolute atomic E-state index is 0.642. The van der Waals surface area contributed by atoms with Crippen molar-refractivity contribution in [1.29, 1.82) is 5.26 Å². The number of unbranched alkanes of at least 4 members (excludes halogenated alkanes) is 1. The Hall–Kier alpha value is -1.29. The van der Waals surface area contributed by atoms with Crippen LogP contribution < -0.4 is 0 Å². The second-order valence-electron chi connectivity index (χ2n) is 2.83. The van der Waals surface area contributed by atoms with Crippen LogP contribution in [0.15, 0.2) is 18.2 Å². The number of aryl methyl sites for hydroxylation is 1. The fraction of sp³-hybridized carbons (Fsp3) is 0.364. The molecular weight excluding hydrogens is 146 g/mol. The van der Waals surface area contributed by atoms with Gasteiger partial charge in [-0.05, 0) is 24.5 Å². The van der Waals surface area contributed by atoms with Crippen LogP contribution in [0, 0.1) is 17.4 Å². The molecule has 1 aromatic rings. The van der Waals surface area contributed by atoms with Gasteiger partial charge in [0, 0.05) is 6.07 Å². The molecule has 1 rings (SSSR count). The molecule has 0 aliphatic heterocycles. The molecular formula is C11H12N. The largest absolute Gasteiger partial charge is 0.192 e. The molecule has 0 aliphatic rings. The average molecular weight is 158 g/mol. The van der Waals surface area contributed by atoms with Crippen LogP contribution in [0.25, 0.3) is 0 Å². The molecule has 0 saturated carbocycles. The molecule has 0 N–H and O–H groups in total. The van der Waals surface area contributed by atoms with Gasteiger partial charge in [0.1, 0.15) is 0 Å². The van der Waals surface area contributed by atoms with Crippen molar-refractivity contribution in [1.82, 2.24) is 0 Å². The molecule has 0 spiro atoms. The third kappa shape index (κ3) is 2.39. The summed E-state index contributed by atoms with van der Waals surface area (Å²) in [5.41, 5.74) is 1.88. The molecule has 1 nitrogen and oxygen atoms in total. The van der Waals surface area contributed by atoms with Gasteiger partial charge in [-0.2, -0.15) is 5.26 Å². The van der Waals surface area contributed by atoms with Crippen molar-refractivity contribution in [3.63, 3.8) is 0 Å². The summed E-state index contributed by atoms with van der Waals surface area (Å²) in [5, 5.41) is 8.61. The molecule has 0 atom stereocenters. The lowest BCUT2D eigenvalue weighted by Crippen LogP contribution is -1.85. The molecule has 1 radical (unpaired) electrons. The van der Waals surface area contributed by atoms with Crippen LogP contribution in [0.3, 0.4) is 0 Å². The summed E-state index contributed by atoms with van der Waals surface area (Å²) < 4.78 is 0. The molecule has 0 unspecified atom stereocenters. The highest BCUT2D eigenvalue weighted by Crippen LogP contribution is 2.06. The zero-order valence-electron chi connectivity index (χ0n) is 7.30. The number of nitrogens with zero attached hydrogens (tertiary/aromatic N) is 1. The smallest absolute Gasteiger partial charge is 0.0998 e. The molecule has 0 aliphatic carbocycles. The van der Waals surface area contributed by atoms with Gasteiger partial charge in [0.05, 0.1) is 11.6 Å². The molecule has 0 amide bonds. The Kier molecular flexibility index (Phi) is 3.35. The highest BCUT2D eigenvalue weighted by atomic mass is 14.2. The lowest BCUT2D eigenvalue weighted by Gasteiger charge is -1.98. The summed E-state index contributed by atoms with van der Waals surface area (Å²) >= 11 is 0. The van der Waals surface area contributed by atoms with Crippen LogP contribution in [-0.4, -0.2) is 0 Å². The van der Waals surface area contributed by atoms with E-state index in [1.165, 1.54) is 18.4 Å². The Bertz CT molecular complexity index is 283. The van der Waals surface area contributed by atoms with Crippen LogP contribution in [0.5, 0.6) is 0 Å². The fourth-order valence-electron chi connectivity index (χ4n) is 1.11. The number of hydrogen-bond donors (Lipinski definition) is 0. The Balaban J connectivity index is 2.68. The number of benzene rings is 1. The van der Waals surface area contributed by atoms with E-state index < -0.39 is 0 Å². The highest BCUT2D eigenvalue weighted by molar-refractivity contribution is 5.31. The van der Waals surface area contributed by atoms with E-state index in [2.05, 4.69) is 19.1 Å². The second kappa shape index (κ2) is 4.56. The van der Waals surface area contributed by atoms with Gasteiger partial charge in [-0.25, -0.2) is 0 Å².